The number of rotatable bonds is 6. The summed E-state index contributed by atoms with van der Waals surface area (Å²) in [4.78, 5) is 29.1. The molecule has 0 aliphatic heterocycles. The van der Waals surface area contributed by atoms with Gasteiger partial charge in [0.2, 0.25) is 17.6 Å². The van der Waals surface area contributed by atoms with Crippen molar-refractivity contribution >= 4 is 11.6 Å². The number of hydrogen-bond acceptors (Lipinski definition) is 5. The van der Waals surface area contributed by atoms with Gasteiger partial charge in [-0.15, -0.1) is 0 Å². The molecule has 0 spiro atoms. The smallest absolute Gasteiger partial charge is 0.261 e. The van der Waals surface area contributed by atoms with Crippen LogP contribution >= 0.6 is 0 Å². The molecule has 1 aromatic carbocycles. The van der Waals surface area contributed by atoms with E-state index in [0.29, 0.717) is 24.4 Å². The average Bonchev–Trinajstić information content (AvgIpc) is 3.13. The molecule has 0 saturated heterocycles. The van der Waals surface area contributed by atoms with E-state index in [4.69, 9.17) is 4.52 Å². The van der Waals surface area contributed by atoms with Crippen LogP contribution in [-0.2, 0) is 17.8 Å². The maximum absolute atomic E-state index is 12.5. The van der Waals surface area contributed by atoms with Gasteiger partial charge in [-0.3, -0.25) is 9.59 Å². The van der Waals surface area contributed by atoms with Gasteiger partial charge in [-0.25, -0.2) is 0 Å². The van der Waals surface area contributed by atoms with Crippen molar-refractivity contribution in [1.29, 1.82) is 0 Å². The summed E-state index contributed by atoms with van der Waals surface area (Å²) in [7, 11) is 0. The molecule has 1 N–H and O–H groups in total. The first kappa shape index (κ1) is 19.5. The lowest BCUT2D eigenvalue weighted by atomic mass is 10.1. The molecular weight excluding hydrogens is 356 g/mol. The fraction of sp³-hybridized carbons (Fsp3) is 0.333. The lowest BCUT2D eigenvalue weighted by Gasteiger charge is -2.09. The van der Waals surface area contributed by atoms with Crippen LogP contribution < -0.4 is 10.9 Å². The number of hydrogen-bond donors (Lipinski definition) is 1. The number of aryl methyl sites for hydroxylation is 3. The van der Waals surface area contributed by atoms with Crippen molar-refractivity contribution < 1.29 is 9.32 Å². The van der Waals surface area contributed by atoms with Gasteiger partial charge in [0.15, 0.2) is 0 Å². The van der Waals surface area contributed by atoms with Crippen LogP contribution in [0.15, 0.2) is 39.6 Å². The Kier molecular flexibility index (Phi) is 5.73. The quantitative estimate of drug-likeness (QED) is 0.708. The van der Waals surface area contributed by atoms with E-state index in [0.717, 1.165) is 22.5 Å². The Morgan fingerprint density at radius 3 is 2.71 bits per heavy atom. The molecule has 28 heavy (non-hydrogen) atoms. The standard InChI is InChI=1S/C21H24N4O3/c1-5-25-14(3)9-10-16(21(25)27)20-23-19(28-24-20)12-11-18(26)22-17-8-6-7-13(2)15(17)4/h6-10H,5,11-12H2,1-4H3,(H,22,26). The predicted octanol–water partition coefficient (Wildman–Crippen LogP) is 3.41. The largest absolute Gasteiger partial charge is 0.339 e. The van der Waals surface area contributed by atoms with E-state index in [9.17, 15) is 9.59 Å². The molecule has 0 bridgehead atoms. The number of amides is 1. The maximum Gasteiger partial charge on any atom is 0.261 e. The van der Waals surface area contributed by atoms with Gasteiger partial charge >= 0.3 is 0 Å². The fourth-order valence-electron chi connectivity index (χ4n) is 3.02. The summed E-state index contributed by atoms with van der Waals surface area (Å²) in [5, 5.41) is 6.82. The molecule has 0 aliphatic rings. The molecule has 146 valence electrons. The number of carbonyl (C=O) groups excluding carboxylic acids is 1. The maximum atomic E-state index is 12.5. The normalized spacial score (nSPS) is 10.9. The third-order valence-corrected chi connectivity index (χ3v) is 4.86. The molecule has 0 atom stereocenters. The van der Waals surface area contributed by atoms with E-state index in [2.05, 4.69) is 15.5 Å². The van der Waals surface area contributed by atoms with E-state index in [-0.39, 0.29) is 23.7 Å². The Hall–Kier alpha value is -3.22. The van der Waals surface area contributed by atoms with E-state index in [1.165, 1.54) is 0 Å². The van der Waals surface area contributed by atoms with Gasteiger partial charge in [-0.1, -0.05) is 17.3 Å². The molecule has 0 radical (unpaired) electrons. The minimum absolute atomic E-state index is 0.128. The van der Waals surface area contributed by atoms with Crippen LogP contribution in [0.3, 0.4) is 0 Å². The van der Waals surface area contributed by atoms with Gasteiger partial charge < -0.3 is 14.4 Å². The Balaban J connectivity index is 1.68. The van der Waals surface area contributed by atoms with E-state index >= 15 is 0 Å². The zero-order valence-electron chi connectivity index (χ0n) is 16.6. The zero-order chi connectivity index (χ0) is 20.3. The Labute approximate surface area is 163 Å². The lowest BCUT2D eigenvalue weighted by Crippen LogP contribution is -2.23. The summed E-state index contributed by atoms with van der Waals surface area (Å²) >= 11 is 0. The molecule has 2 aromatic heterocycles. The van der Waals surface area contributed by atoms with Gasteiger partial charge in [0.05, 0.1) is 5.56 Å². The molecule has 2 heterocycles. The van der Waals surface area contributed by atoms with Gasteiger partial charge in [-0.2, -0.15) is 4.98 Å². The number of pyridine rings is 1. The number of carbonyl (C=O) groups is 1. The van der Waals surface area contributed by atoms with Gasteiger partial charge in [-0.05, 0) is 57.0 Å². The SMILES string of the molecule is CCn1c(C)ccc(-c2noc(CCC(=O)Nc3cccc(C)c3C)n2)c1=O. The van der Waals surface area contributed by atoms with Crippen molar-refractivity contribution in [3.63, 3.8) is 0 Å². The minimum Gasteiger partial charge on any atom is -0.339 e. The van der Waals surface area contributed by atoms with Crippen LogP contribution in [0, 0.1) is 20.8 Å². The highest BCUT2D eigenvalue weighted by atomic mass is 16.5. The van der Waals surface area contributed by atoms with Crippen LogP contribution in [0.2, 0.25) is 0 Å². The second kappa shape index (κ2) is 8.21. The molecule has 3 aromatic rings. The summed E-state index contributed by atoms with van der Waals surface area (Å²) in [6.45, 7) is 8.34. The molecule has 0 saturated carbocycles. The third-order valence-electron chi connectivity index (χ3n) is 4.86. The fourth-order valence-corrected chi connectivity index (χ4v) is 3.02. The Morgan fingerprint density at radius 2 is 1.96 bits per heavy atom. The number of anilines is 1. The highest BCUT2D eigenvalue weighted by Gasteiger charge is 2.15. The minimum atomic E-state index is -0.150. The van der Waals surface area contributed by atoms with E-state index < -0.39 is 0 Å². The van der Waals surface area contributed by atoms with Crippen LogP contribution in [0.4, 0.5) is 5.69 Å². The summed E-state index contributed by atoms with van der Waals surface area (Å²) in [6.07, 6.45) is 0.514. The van der Waals surface area contributed by atoms with Crippen LogP contribution in [0.1, 0.15) is 36.1 Å². The predicted molar refractivity (Wildman–Crippen MR) is 107 cm³/mol. The summed E-state index contributed by atoms with van der Waals surface area (Å²) in [6, 6.07) is 9.34. The topological polar surface area (TPSA) is 90.0 Å². The number of nitrogens with zero attached hydrogens (tertiary/aromatic N) is 3. The molecule has 7 heteroatoms. The van der Waals surface area contributed by atoms with Gasteiger partial charge in [0.25, 0.3) is 5.56 Å². The van der Waals surface area contributed by atoms with Crippen LogP contribution in [-0.4, -0.2) is 20.6 Å². The first-order valence-electron chi connectivity index (χ1n) is 9.30. The van der Waals surface area contributed by atoms with Crippen molar-refractivity contribution in [3.8, 4) is 11.4 Å². The summed E-state index contributed by atoms with van der Waals surface area (Å²) in [5.41, 5.74) is 4.08. The molecule has 0 aliphatic carbocycles. The number of aromatic nitrogens is 3. The van der Waals surface area contributed by atoms with Gasteiger partial charge in [0.1, 0.15) is 0 Å². The van der Waals surface area contributed by atoms with Crippen molar-refractivity contribution in [2.45, 2.75) is 47.1 Å². The highest BCUT2D eigenvalue weighted by Crippen LogP contribution is 2.18. The molecular formula is C21H24N4O3. The molecule has 0 unspecified atom stereocenters. The number of benzene rings is 1. The van der Waals surface area contributed by atoms with Crippen molar-refractivity contribution in [2.24, 2.45) is 0 Å². The van der Waals surface area contributed by atoms with Crippen molar-refractivity contribution in [2.75, 3.05) is 5.32 Å². The average molecular weight is 380 g/mol. The molecule has 3 rings (SSSR count). The molecule has 1 amide bonds. The van der Waals surface area contributed by atoms with Crippen molar-refractivity contribution in [3.05, 3.63) is 63.4 Å². The Morgan fingerprint density at radius 1 is 1.18 bits per heavy atom. The second-order valence-electron chi connectivity index (χ2n) is 6.75. The lowest BCUT2D eigenvalue weighted by molar-refractivity contribution is -0.116. The molecule has 7 nitrogen and oxygen atoms in total. The molecule has 0 fully saturated rings. The number of nitrogens with one attached hydrogen (secondary N) is 1. The van der Waals surface area contributed by atoms with Crippen LogP contribution in [0.25, 0.3) is 11.4 Å². The monoisotopic (exact) mass is 380 g/mol. The van der Waals surface area contributed by atoms with Crippen molar-refractivity contribution in [1.82, 2.24) is 14.7 Å². The van der Waals surface area contributed by atoms with E-state index in [1.54, 1.807) is 10.6 Å². The van der Waals surface area contributed by atoms with Crippen LogP contribution in [0.5, 0.6) is 0 Å². The second-order valence-corrected chi connectivity index (χ2v) is 6.75. The summed E-state index contributed by atoms with van der Waals surface area (Å²) in [5.74, 6) is 0.448. The van der Waals surface area contributed by atoms with Gasteiger partial charge in [0, 0.05) is 30.8 Å². The third kappa shape index (κ3) is 4.03. The first-order chi connectivity index (χ1) is 13.4. The highest BCUT2D eigenvalue weighted by molar-refractivity contribution is 5.91. The Bertz CT molecular complexity index is 1070. The first-order valence-corrected chi connectivity index (χ1v) is 9.30. The summed E-state index contributed by atoms with van der Waals surface area (Å²) < 4.78 is 6.89. The van der Waals surface area contributed by atoms with E-state index in [1.807, 2.05) is 52.0 Å². The zero-order valence-corrected chi connectivity index (χ0v) is 16.6.